The summed E-state index contributed by atoms with van der Waals surface area (Å²) in [6.07, 6.45) is 6.78. The number of unbranched alkanes of at least 4 members (excludes halogenated alkanes) is 1. The summed E-state index contributed by atoms with van der Waals surface area (Å²) >= 11 is 0. The number of hydrogen-bond donors (Lipinski definition) is 2. The van der Waals surface area contributed by atoms with Crippen molar-refractivity contribution in [1.82, 2.24) is 20.5 Å². The predicted octanol–water partition coefficient (Wildman–Crippen LogP) is 3.45. The molecule has 1 saturated carbocycles. The zero-order chi connectivity index (χ0) is 24.6. The van der Waals surface area contributed by atoms with E-state index < -0.39 is 11.6 Å². The van der Waals surface area contributed by atoms with E-state index in [4.69, 9.17) is 4.98 Å². The summed E-state index contributed by atoms with van der Waals surface area (Å²) in [5.74, 6) is 1.35. The number of nitrogens with zero attached hydrogens (tertiary/aromatic N) is 3. The highest BCUT2D eigenvalue weighted by molar-refractivity contribution is 6.07. The molecule has 8 nitrogen and oxygen atoms in total. The van der Waals surface area contributed by atoms with Crippen molar-refractivity contribution >= 4 is 23.7 Å². The van der Waals surface area contributed by atoms with Gasteiger partial charge in [-0.15, -0.1) is 0 Å². The molecule has 8 heteroatoms. The topological polar surface area (TPSA) is 94.6 Å². The van der Waals surface area contributed by atoms with Crippen LogP contribution in [0.2, 0.25) is 0 Å². The van der Waals surface area contributed by atoms with E-state index in [-0.39, 0.29) is 11.8 Å². The van der Waals surface area contributed by atoms with Crippen LogP contribution in [0.15, 0.2) is 36.5 Å². The van der Waals surface area contributed by atoms with Gasteiger partial charge in [0, 0.05) is 37.9 Å². The highest BCUT2D eigenvalue weighted by Gasteiger charge is 2.47. The highest BCUT2D eigenvalue weighted by atomic mass is 16.2. The molecule has 1 aromatic carbocycles. The quantitative estimate of drug-likeness (QED) is 0.598. The lowest BCUT2D eigenvalue weighted by molar-refractivity contribution is -0.124. The summed E-state index contributed by atoms with van der Waals surface area (Å²) < 4.78 is 0. The fourth-order valence-electron chi connectivity index (χ4n) is 5.22. The average Bonchev–Trinajstić information content (AvgIpc) is 3.67. The average molecular weight is 476 g/mol. The molecule has 5 rings (SSSR count). The number of anilines is 1. The molecule has 2 aliphatic heterocycles. The first-order valence-corrected chi connectivity index (χ1v) is 12.7. The van der Waals surface area contributed by atoms with Crippen molar-refractivity contribution in [2.75, 3.05) is 31.1 Å². The van der Waals surface area contributed by atoms with Gasteiger partial charge in [-0.05, 0) is 60.9 Å². The molecule has 3 aliphatic rings. The minimum Gasteiger partial charge on any atom is -0.353 e. The van der Waals surface area contributed by atoms with E-state index in [0.717, 1.165) is 31.7 Å². The molecule has 184 valence electrons. The zero-order valence-corrected chi connectivity index (χ0v) is 20.5. The van der Waals surface area contributed by atoms with Gasteiger partial charge >= 0.3 is 6.03 Å². The van der Waals surface area contributed by atoms with Crippen LogP contribution in [0.25, 0.3) is 0 Å². The maximum atomic E-state index is 13.2. The van der Waals surface area contributed by atoms with E-state index in [0.29, 0.717) is 36.6 Å². The van der Waals surface area contributed by atoms with Crippen LogP contribution in [0.4, 0.5) is 10.6 Å². The molecule has 1 aromatic heterocycles. The predicted molar refractivity (Wildman–Crippen MR) is 133 cm³/mol. The summed E-state index contributed by atoms with van der Waals surface area (Å²) in [6.45, 7) is 6.91. The first kappa shape index (κ1) is 23.3. The molecule has 3 fully saturated rings. The van der Waals surface area contributed by atoms with Crippen LogP contribution >= 0.6 is 0 Å². The second kappa shape index (κ2) is 9.32. The SMILES string of the molecule is CCCCC1(c2ccc(C(=O)N3CCN(c4ncc(C5CC5)cc4C)CC3)cc2)NC(=O)NC1=O. The van der Waals surface area contributed by atoms with Crippen molar-refractivity contribution < 1.29 is 14.4 Å². The van der Waals surface area contributed by atoms with Gasteiger partial charge in [-0.1, -0.05) is 38.0 Å². The van der Waals surface area contributed by atoms with Crippen molar-refractivity contribution in [2.24, 2.45) is 0 Å². The van der Waals surface area contributed by atoms with Gasteiger partial charge in [0.25, 0.3) is 11.8 Å². The molecular weight excluding hydrogens is 442 g/mol. The number of urea groups is 1. The molecule has 0 bridgehead atoms. The number of aryl methyl sites for hydroxylation is 1. The van der Waals surface area contributed by atoms with Crippen LogP contribution in [0.1, 0.15) is 72.0 Å². The number of aromatic nitrogens is 1. The first-order valence-electron chi connectivity index (χ1n) is 12.7. The lowest BCUT2D eigenvalue weighted by atomic mass is 9.84. The maximum absolute atomic E-state index is 13.2. The summed E-state index contributed by atoms with van der Waals surface area (Å²) in [4.78, 5) is 46.6. The van der Waals surface area contributed by atoms with Gasteiger partial charge < -0.3 is 15.1 Å². The van der Waals surface area contributed by atoms with E-state index in [1.54, 1.807) is 24.3 Å². The number of hydrogen-bond acceptors (Lipinski definition) is 5. The van der Waals surface area contributed by atoms with Gasteiger partial charge in [0.1, 0.15) is 11.4 Å². The lowest BCUT2D eigenvalue weighted by Crippen LogP contribution is -2.49. The Labute approximate surface area is 206 Å². The highest BCUT2D eigenvalue weighted by Crippen LogP contribution is 2.40. The fourth-order valence-corrected chi connectivity index (χ4v) is 5.22. The molecule has 2 aromatic rings. The molecule has 1 atom stereocenters. The Balaban J connectivity index is 1.24. The van der Waals surface area contributed by atoms with Gasteiger partial charge in [-0.25, -0.2) is 9.78 Å². The minimum atomic E-state index is -1.07. The van der Waals surface area contributed by atoms with Crippen LogP contribution in [-0.4, -0.2) is 53.9 Å². The Morgan fingerprint density at radius 3 is 2.40 bits per heavy atom. The number of carbonyl (C=O) groups is 3. The van der Waals surface area contributed by atoms with Crippen LogP contribution in [-0.2, 0) is 10.3 Å². The third-order valence-corrected chi connectivity index (χ3v) is 7.46. The van der Waals surface area contributed by atoms with Gasteiger partial charge in [0.05, 0.1) is 0 Å². The smallest absolute Gasteiger partial charge is 0.322 e. The maximum Gasteiger partial charge on any atom is 0.322 e. The molecule has 4 amide bonds. The zero-order valence-electron chi connectivity index (χ0n) is 20.5. The molecule has 2 N–H and O–H groups in total. The van der Waals surface area contributed by atoms with Gasteiger partial charge in [0.15, 0.2) is 0 Å². The standard InChI is InChI=1S/C27H33N5O3/c1-3-4-11-27(25(34)29-26(35)30-27)22-9-7-20(8-10-22)24(33)32-14-12-31(13-15-32)23-18(2)16-21(17-28-23)19-5-6-19/h7-10,16-17,19H,3-6,11-15H2,1-2H3,(H2,29,30,34,35). The van der Waals surface area contributed by atoms with Gasteiger partial charge in [-0.3, -0.25) is 14.9 Å². The van der Waals surface area contributed by atoms with Crippen LogP contribution in [0.3, 0.4) is 0 Å². The Bertz CT molecular complexity index is 1140. The van der Waals surface area contributed by atoms with Gasteiger partial charge in [0.2, 0.25) is 0 Å². The van der Waals surface area contributed by atoms with Crippen molar-refractivity contribution in [3.63, 3.8) is 0 Å². The Hall–Kier alpha value is -3.42. The number of carbonyl (C=O) groups excluding carboxylic acids is 3. The number of imide groups is 1. The molecule has 3 heterocycles. The number of piperazine rings is 1. The van der Waals surface area contributed by atoms with Crippen molar-refractivity contribution in [3.05, 3.63) is 58.8 Å². The van der Waals surface area contributed by atoms with Crippen LogP contribution < -0.4 is 15.5 Å². The van der Waals surface area contributed by atoms with E-state index in [2.05, 4.69) is 28.5 Å². The largest absolute Gasteiger partial charge is 0.353 e. The third-order valence-electron chi connectivity index (χ3n) is 7.46. The summed E-state index contributed by atoms with van der Waals surface area (Å²) in [5, 5.41) is 5.18. The second-order valence-electron chi connectivity index (χ2n) is 9.96. The fraction of sp³-hybridized carbons (Fsp3) is 0.481. The number of amides is 4. The third kappa shape index (κ3) is 4.49. The first-order chi connectivity index (χ1) is 16.9. The second-order valence-corrected chi connectivity index (χ2v) is 9.96. The molecule has 2 saturated heterocycles. The number of pyridine rings is 1. The van der Waals surface area contributed by atoms with Crippen LogP contribution in [0.5, 0.6) is 0 Å². The normalized spacial score (nSPS) is 22.2. The lowest BCUT2D eigenvalue weighted by Gasteiger charge is -2.36. The molecule has 1 unspecified atom stereocenters. The number of rotatable bonds is 7. The molecular formula is C27H33N5O3. The Morgan fingerprint density at radius 1 is 1.11 bits per heavy atom. The summed E-state index contributed by atoms with van der Waals surface area (Å²) in [6, 6.07) is 8.89. The Kier molecular flexibility index (Phi) is 6.21. The van der Waals surface area contributed by atoms with Gasteiger partial charge in [-0.2, -0.15) is 0 Å². The van der Waals surface area contributed by atoms with Crippen molar-refractivity contribution in [3.8, 4) is 0 Å². The van der Waals surface area contributed by atoms with Crippen LogP contribution in [0, 0.1) is 6.92 Å². The summed E-state index contributed by atoms with van der Waals surface area (Å²) in [7, 11) is 0. The monoisotopic (exact) mass is 475 g/mol. The van der Waals surface area contributed by atoms with E-state index in [1.165, 1.54) is 24.0 Å². The van der Waals surface area contributed by atoms with Crippen molar-refractivity contribution in [1.29, 1.82) is 0 Å². The number of nitrogens with one attached hydrogen (secondary N) is 2. The molecule has 0 spiro atoms. The molecule has 1 aliphatic carbocycles. The molecule has 0 radical (unpaired) electrons. The Morgan fingerprint density at radius 2 is 1.83 bits per heavy atom. The molecule has 35 heavy (non-hydrogen) atoms. The number of benzene rings is 1. The summed E-state index contributed by atoms with van der Waals surface area (Å²) in [5.41, 5.74) is 2.76. The van der Waals surface area contributed by atoms with E-state index in [9.17, 15) is 14.4 Å². The van der Waals surface area contributed by atoms with E-state index >= 15 is 0 Å². The van der Waals surface area contributed by atoms with Crippen molar-refractivity contribution in [2.45, 2.75) is 57.4 Å². The minimum absolute atomic E-state index is 0.0209. The van der Waals surface area contributed by atoms with E-state index in [1.807, 2.05) is 18.0 Å².